The van der Waals surface area contributed by atoms with Crippen molar-refractivity contribution in [1.82, 2.24) is 69.5 Å². The molecule has 0 spiro atoms. The molecule has 648 valence electrons. The maximum Gasteiger partial charge on any atom is 0.205 e. The van der Waals surface area contributed by atoms with Crippen molar-refractivity contribution in [2.75, 3.05) is 58.4 Å². The second kappa shape index (κ2) is 44.0. The number of rotatable bonds is 18. The molecule has 127 heavy (non-hydrogen) atoms. The van der Waals surface area contributed by atoms with E-state index in [-0.39, 0.29) is 51.4 Å². The molecule has 4 aliphatic heterocycles. The van der Waals surface area contributed by atoms with Gasteiger partial charge in [-0.05, 0) is 202 Å². The number of aldehydes is 1. The number of nitrogen functional groups attached to an aromatic ring is 1. The highest BCUT2D eigenvalue weighted by Gasteiger charge is 2.28. The van der Waals surface area contributed by atoms with E-state index in [9.17, 15) is 13.2 Å². The smallest absolute Gasteiger partial charge is 0.205 e. The van der Waals surface area contributed by atoms with Crippen molar-refractivity contribution in [3.05, 3.63) is 336 Å². The molecule has 4 fully saturated rings. The fourth-order valence-electron chi connectivity index (χ4n) is 16.6. The van der Waals surface area contributed by atoms with E-state index in [1.807, 2.05) is 79.1 Å². The SMILES string of the molecule is C.C.C.C1CCOC1.Fc1ccc2nc(C3CCN(Cc4ccc(-c5ncc(-c6ncc[nH]6)cc5-c5ccccc5)cc4)CC3)[nH]c2c1.N=C(N)c1cnc(-c2ccc(CN3CCC(c4nc5ccc(F)cc5[nH]4)CC3)cc2)c(-c2ccccc2)c1.O=CCCl.[C-]#[N+]c1cnc(-c2ccc(CN3CCC(c4nc5ccc(F)cc5[nH]4)CC3)cc2)c(-c2ccccc2)c1. The number of likely N-dealkylation sites (tertiary alicyclic amines) is 3. The number of aromatic amines is 4. The van der Waals surface area contributed by atoms with Crippen LogP contribution in [0, 0.1) is 29.4 Å². The molecule has 4 aliphatic rings. The maximum absolute atomic E-state index is 13.6. The van der Waals surface area contributed by atoms with Crippen LogP contribution in [-0.2, 0) is 29.2 Å². The number of alkyl halides is 1. The largest absolute Gasteiger partial charge is 0.384 e. The number of halogens is 4. The monoisotopic (exact) mass is 1720 g/mol. The van der Waals surface area contributed by atoms with Gasteiger partial charge in [0.1, 0.15) is 52.9 Å². The lowest BCUT2D eigenvalue weighted by atomic mass is 9.95. The zero-order chi connectivity index (χ0) is 85.1. The number of pyridine rings is 3. The van der Waals surface area contributed by atoms with E-state index < -0.39 is 0 Å². The maximum atomic E-state index is 13.6. The van der Waals surface area contributed by atoms with Crippen LogP contribution in [0.25, 0.3) is 116 Å². The third-order valence-electron chi connectivity index (χ3n) is 23.2. The van der Waals surface area contributed by atoms with E-state index in [2.05, 4.69) is 170 Å². The van der Waals surface area contributed by atoms with Crippen molar-refractivity contribution in [2.45, 2.75) is 111 Å². The van der Waals surface area contributed by atoms with Crippen LogP contribution in [0.1, 0.15) is 131 Å². The van der Waals surface area contributed by atoms with E-state index >= 15 is 0 Å². The molecular formula is C104H107ClF3N17O2. The molecule has 23 heteroatoms. The lowest BCUT2D eigenvalue weighted by Gasteiger charge is -2.31. The number of imidazole rings is 4. The first kappa shape index (κ1) is 91.3. The van der Waals surface area contributed by atoms with Gasteiger partial charge >= 0.3 is 0 Å². The number of benzene rings is 9. The molecule has 0 unspecified atom stereocenters. The predicted molar refractivity (Wildman–Crippen MR) is 507 cm³/mol. The minimum atomic E-state index is -0.242. The van der Waals surface area contributed by atoms with Gasteiger partial charge in [0, 0.05) is 121 Å². The normalized spacial score (nSPS) is 14.4. The summed E-state index contributed by atoms with van der Waals surface area (Å²) in [6.45, 7) is 18.1. The summed E-state index contributed by atoms with van der Waals surface area (Å²) in [5.41, 5.74) is 28.6. The molecule has 7 N–H and O–H groups in total. The van der Waals surface area contributed by atoms with Gasteiger partial charge in [-0.3, -0.25) is 35.1 Å². The Bertz CT molecular complexity index is 6270. The van der Waals surface area contributed by atoms with E-state index in [1.165, 1.54) is 65.9 Å². The van der Waals surface area contributed by atoms with Crippen LogP contribution in [0.5, 0.6) is 0 Å². The molecule has 0 bridgehead atoms. The van der Waals surface area contributed by atoms with Gasteiger partial charge in [0.05, 0.1) is 62.6 Å². The van der Waals surface area contributed by atoms with Crippen molar-refractivity contribution in [3.63, 3.8) is 0 Å². The van der Waals surface area contributed by atoms with E-state index in [0.29, 0.717) is 35.3 Å². The number of fused-ring (bicyclic) bond motifs is 3. The van der Waals surface area contributed by atoms with Crippen molar-refractivity contribution in [3.8, 4) is 78.5 Å². The molecule has 0 radical (unpaired) electrons. The second-order valence-electron chi connectivity index (χ2n) is 31.6. The number of aromatic nitrogens is 11. The third-order valence-corrected chi connectivity index (χ3v) is 23.3. The summed E-state index contributed by atoms with van der Waals surface area (Å²) in [7, 11) is 0. The van der Waals surface area contributed by atoms with Crippen molar-refractivity contribution < 1.29 is 22.7 Å². The van der Waals surface area contributed by atoms with Gasteiger partial charge in [-0.15, -0.1) is 11.6 Å². The van der Waals surface area contributed by atoms with E-state index in [0.717, 1.165) is 240 Å². The molecule has 16 aromatic rings. The number of nitrogens with one attached hydrogen (secondary N) is 5. The fourth-order valence-corrected chi connectivity index (χ4v) is 16.6. The molecule has 11 heterocycles. The Kier molecular flexibility index (Phi) is 31.6. The summed E-state index contributed by atoms with van der Waals surface area (Å²) in [4.78, 5) is 66.0. The zero-order valence-corrected chi connectivity index (χ0v) is 69.4. The zero-order valence-electron chi connectivity index (χ0n) is 68.7. The van der Waals surface area contributed by atoms with Crippen LogP contribution in [0.3, 0.4) is 0 Å². The Labute approximate surface area is 745 Å². The fraction of sp³-hybridized carbons (Fsp3) is 0.250. The first-order valence-corrected chi connectivity index (χ1v) is 42.7. The van der Waals surface area contributed by atoms with Gasteiger partial charge in [0.2, 0.25) is 5.69 Å². The minimum absolute atomic E-state index is 0. The average Bonchev–Trinajstić information content (AvgIpc) is 1.13. The third kappa shape index (κ3) is 23.2. The van der Waals surface area contributed by atoms with Crippen LogP contribution in [-0.4, -0.2) is 140 Å². The number of amidine groups is 1. The number of carbonyl (C=O) groups excluding carboxylic acids is 1. The lowest BCUT2D eigenvalue weighted by molar-refractivity contribution is -0.105. The lowest BCUT2D eigenvalue weighted by Crippen LogP contribution is -2.32. The Hall–Kier alpha value is -13.4. The number of hydrogen-bond donors (Lipinski definition) is 6. The molecular weight excluding hydrogens is 1610 g/mol. The summed E-state index contributed by atoms with van der Waals surface area (Å²) in [5, 5.41) is 7.83. The van der Waals surface area contributed by atoms with Gasteiger partial charge < -0.3 is 35.2 Å². The molecule has 0 amide bonds. The van der Waals surface area contributed by atoms with Gasteiger partial charge in [-0.1, -0.05) is 186 Å². The Morgan fingerprint density at radius 3 is 1.14 bits per heavy atom. The van der Waals surface area contributed by atoms with Crippen molar-refractivity contribution >= 4 is 62.5 Å². The van der Waals surface area contributed by atoms with Crippen molar-refractivity contribution in [1.29, 1.82) is 5.41 Å². The highest BCUT2D eigenvalue weighted by Crippen LogP contribution is 2.39. The standard InChI is InChI=1S/C33H29FN6.C31H29FN6.C31H26FN5.C4H8O.C2H3ClO.3CH4/c34-27-10-11-29-30(19-27)39-33(38-29)25-12-16-40(17-13-25)21-22-6-8-24(9-7-22)31-28(23-4-2-1-3-5-23)18-26(20-37-31)32-35-14-15-36-32;32-25-10-11-27-28(17-25)37-31(36-27)23-12-14-38(15-13-23)19-20-6-8-22(9-7-20)29-26(21-4-2-1-3-5-21)16-24(18-35-29)30(33)34;1-33-26-18-27(22-5-3-2-4-6-22)30(34-19-26)23-9-7-21(8-10-23)20-37-15-13-24(14-16-37)31-35-28-12-11-25(32)17-29(28)36-31;1-2-4-5-3-1;3-1-2-4;;;/h1-11,14-15,18-20,25H,12-13,16-17,21H2,(H,35,36)(H,38,39);1-11,16-18,23H,12-15,19H2,(H3,33,34)(H,36,37);2-12,17-19,24H,13-16,20H2,(H,35,36);1-4H2;2H,1H2;3*1H4. The van der Waals surface area contributed by atoms with E-state index in [1.54, 1.807) is 36.8 Å². The summed E-state index contributed by atoms with van der Waals surface area (Å²) in [6.07, 6.45) is 18.1. The molecule has 20 rings (SSSR count). The molecule has 0 atom stereocenters. The molecule has 19 nitrogen and oxygen atoms in total. The highest BCUT2D eigenvalue weighted by molar-refractivity contribution is 6.24. The first-order chi connectivity index (χ1) is 60.8. The molecule has 0 saturated carbocycles. The summed E-state index contributed by atoms with van der Waals surface area (Å²) in [5.74, 6) is 4.23. The number of H-pyrrole nitrogens is 4. The highest BCUT2D eigenvalue weighted by atomic mass is 35.5. The first-order valence-electron chi connectivity index (χ1n) is 42.2. The molecule has 7 aromatic heterocycles. The van der Waals surface area contributed by atoms with Gasteiger partial charge in [0.25, 0.3) is 0 Å². The number of hydrogen-bond acceptors (Lipinski definition) is 13. The Morgan fingerprint density at radius 1 is 0.457 bits per heavy atom. The molecule has 9 aromatic carbocycles. The van der Waals surface area contributed by atoms with Crippen LogP contribution in [0.2, 0.25) is 0 Å². The van der Waals surface area contributed by atoms with Crippen LogP contribution in [0.15, 0.2) is 268 Å². The summed E-state index contributed by atoms with van der Waals surface area (Å²) < 4.78 is 45.6. The summed E-state index contributed by atoms with van der Waals surface area (Å²) >= 11 is 4.82. The van der Waals surface area contributed by atoms with Gasteiger partial charge in [-0.25, -0.2) is 38.0 Å². The van der Waals surface area contributed by atoms with Crippen LogP contribution in [0.4, 0.5) is 18.9 Å². The predicted octanol–water partition coefficient (Wildman–Crippen LogP) is 23.8. The van der Waals surface area contributed by atoms with Crippen molar-refractivity contribution in [2.24, 2.45) is 5.73 Å². The van der Waals surface area contributed by atoms with E-state index in [4.69, 9.17) is 58.8 Å². The number of nitrogens with zero attached hydrogens (tertiary/aromatic N) is 11. The quantitative estimate of drug-likeness (QED) is 0.0154. The van der Waals surface area contributed by atoms with Gasteiger partial charge in [-0.2, -0.15) is 0 Å². The number of ether oxygens (including phenoxy) is 1. The second-order valence-corrected chi connectivity index (χ2v) is 31.9. The summed E-state index contributed by atoms with van der Waals surface area (Å²) in [6, 6.07) is 76.7. The van der Waals surface area contributed by atoms with Crippen LogP contribution < -0.4 is 5.73 Å². The number of piperidine rings is 3. The van der Waals surface area contributed by atoms with Gasteiger partial charge in [0.15, 0.2) is 0 Å². The average molecular weight is 1720 g/mol. The Balaban J connectivity index is 0.000000153. The Morgan fingerprint density at radius 2 is 0.811 bits per heavy atom. The topological polar surface area (TPSA) is 244 Å². The molecule has 4 saturated heterocycles. The minimum Gasteiger partial charge on any atom is -0.384 e. The number of nitrogens with two attached hydrogens (primary N) is 1. The molecule has 0 aliphatic carbocycles. The number of carbonyl (C=O) groups is 1. The van der Waals surface area contributed by atoms with Crippen LogP contribution >= 0.6 is 11.6 Å².